The predicted octanol–water partition coefficient (Wildman–Crippen LogP) is 3.05. The Morgan fingerprint density at radius 1 is 1.28 bits per heavy atom. The van der Waals surface area contributed by atoms with Crippen LogP contribution < -0.4 is 10.9 Å². The molecule has 0 saturated carbocycles. The normalized spacial score (nSPS) is 11.7. The molecule has 1 aromatic carbocycles. The number of hydrogen-bond donors (Lipinski definition) is 2. The number of aromatic nitrogens is 2. The Kier molecular flexibility index (Phi) is 4.20. The molecular formula is C19H21N3O3. The van der Waals surface area contributed by atoms with Crippen molar-refractivity contribution in [1.82, 2.24) is 15.5 Å². The Hall–Kier alpha value is -2.89. The third-order valence-electron chi connectivity index (χ3n) is 4.07. The van der Waals surface area contributed by atoms with Crippen molar-refractivity contribution in [3.05, 3.63) is 63.3 Å². The van der Waals surface area contributed by atoms with E-state index in [1.54, 1.807) is 13.0 Å². The molecule has 130 valence electrons. The maximum Gasteiger partial charge on any atom is 0.257 e. The highest BCUT2D eigenvalue weighted by atomic mass is 16.5. The standard InChI is InChI=1S/C19H21N3O3/c1-11-15(16(22-25-11)19(2,3)4)18(24)20-10-13-9-12-7-5-6-8-14(12)21-17(13)23/h5-9H,10H2,1-4H3,(H,20,24)(H,21,23). The molecule has 1 amide bonds. The molecule has 2 aromatic heterocycles. The van der Waals surface area contributed by atoms with Crippen LogP contribution in [0.1, 0.15) is 48.1 Å². The minimum absolute atomic E-state index is 0.132. The van der Waals surface area contributed by atoms with Crippen LogP contribution in [0.4, 0.5) is 0 Å². The average Bonchev–Trinajstić information content (AvgIpc) is 2.94. The zero-order valence-corrected chi connectivity index (χ0v) is 14.8. The molecule has 0 radical (unpaired) electrons. The molecule has 2 heterocycles. The summed E-state index contributed by atoms with van der Waals surface area (Å²) in [5.74, 6) is 0.172. The fourth-order valence-corrected chi connectivity index (χ4v) is 2.74. The lowest BCUT2D eigenvalue weighted by atomic mass is 9.88. The van der Waals surface area contributed by atoms with Crippen LogP contribution in [0, 0.1) is 6.92 Å². The van der Waals surface area contributed by atoms with Gasteiger partial charge in [-0.1, -0.05) is 44.1 Å². The molecular weight excluding hydrogens is 318 g/mol. The number of H-pyrrole nitrogens is 1. The highest BCUT2D eigenvalue weighted by molar-refractivity contribution is 5.96. The lowest BCUT2D eigenvalue weighted by Crippen LogP contribution is -2.29. The number of rotatable bonds is 3. The number of pyridine rings is 1. The third kappa shape index (κ3) is 3.33. The highest BCUT2D eigenvalue weighted by Crippen LogP contribution is 2.26. The number of hydrogen-bond acceptors (Lipinski definition) is 4. The first kappa shape index (κ1) is 17.0. The zero-order valence-electron chi connectivity index (χ0n) is 14.8. The van der Waals surface area contributed by atoms with Gasteiger partial charge in [-0.25, -0.2) is 0 Å². The average molecular weight is 339 g/mol. The molecule has 0 aliphatic rings. The summed E-state index contributed by atoms with van der Waals surface area (Å²) < 4.78 is 5.20. The quantitative estimate of drug-likeness (QED) is 0.767. The number of aromatic amines is 1. The Morgan fingerprint density at radius 3 is 2.72 bits per heavy atom. The zero-order chi connectivity index (χ0) is 18.2. The van der Waals surface area contributed by atoms with Crippen molar-refractivity contribution in [2.75, 3.05) is 0 Å². The minimum Gasteiger partial charge on any atom is -0.361 e. The maximum absolute atomic E-state index is 12.6. The Morgan fingerprint density at radius 2 is 2.00 bits per heavy atom. The van der Waals surface area contributed by atoms with Crippen molar-refractivity contribution in [2.45, 2.75) is 39.7 Å². The Labute approximate surface area is 145 Å². The first-order chi connectivity index (χ1) is 11.8. The van der Waals surface area contributed by atoms with Gasteiger partial charge in [0.15, 0.2) is 0 Å². The van der Waals surface area contributed by atoms with Crippen LogP contribution in [0.3, 0.4) is 0 Å². The summed E-state index contributed by atoms with van der Waals surface area (Å²) in [6, 6.07) is 9.31. The van der Waals surface area contributed by atoms with Crippen molar-refractivity contribution in [2.24, 2.45) is 0 Å². The van der Waals surface area contributed by atoms with Gasteiger partial charge in [0, 0.05) is 23.0 Å². The first-order valence-corrected chi connectivity index (χ1v) is 8.13. The van der Waals surface area contributed by atoms with Crippen LogP contribution >= 0.6 is 0 Å². The van der Waals surface area contributed by atoms with Crippen molar-refractivity contribution in [3.8, 4) is 0 Å². The molecule has 6 nitrogen and oxygen atoms in total. The molecule has 0 aliphatic carbocycles. The highest BCUT2D eigenvalue weighted by Gasteiger charge is 2.28. The van der Waals surface area contributed by atoms with Gasteiger partial charge >= 0.3 is 0 Å². The van der Waals surface area contributed by atoms with Gasteiger partial charge < -0.3 is 14.8 Å². The summed E-state index contributed by atoms with van der Waals surface area (Å²) in [5, 5.41) is 7.74. The van der Waals surface area contributed by atoms with E-state index in [2.05, 4.69) is 15.5 Å². The van der Waals surface area contributed by atoms with Crippen molar-refractivity contribution < 1.29 is 9.32 Å². The molecule has 0 fully saturated rings. The van der Waals surface area contributed by atoms with Crippen LogP contribution in [-0.4, -0.2) is 16.0 Å². The van der Waals surface area contributed by atoms with Gasteiger partial charge in [-0.3, -0.25) is 9.59 Å². The molecule has 3 rings (SSSR count). The van der Waals surface area contributed by atoms with E-state index in [0.717, 1.165) is 10.9 Å². The van der Waals surface area contributed by atoms with E-state index in [1.807, 2.05) is 45.0 Å². The lowest BCUT2D eigenvalue weighted by molar-refractivity contribution is 0.0947. The summed E-state index contributed by atoms with van der Waals surface area (Å²) in [6.07, 6.45) is 0. The predicted molar refractivity (Wildman–Crippen MR) is 95.7 cm³/mol. The van der Waals surface area contributed by atoms with Gasteiger partial charge in [0.25, 0.3) is 11.5 Å². The van der Waals surface area contributed by atoms with Crippen LogP contribution in [0.15, 0.2) is 39.6 Å². The molecule has 0 spiro atoms. The summed E-state index contributed by atoms with van der Waals surface area (Å²) in [7, 11) is 0. The van der Waals surface area contributed by atoms with Gasteiger partial charge in [0.2, 0.25) is 0 Å². The monoisotopic (exact) mass is 339 g/mol. The second kappa shape index (κ2) is 6.20. The van der Waals surface area contributed by atoms with Crippen molar-refractivity contribution >= 4 is 16.8 Å². The summed E-state index contributed by atoms with van der Waals surface area (Å²) in [4.78, 5) is 27.6. The molecule has 25 heavy (non-hydrogen) atoms. The molecule has 0 atom stereocenters. The number of carbonyl (C=O) groups excluding carboxylic acids is 1. The van der Waals surface area contributed by atoms with Crippen molar-refractivity contribution in [1.29, 1.82) is 0 Å². The summed E-state index contributed by atoms with van der Waals surface area (Å²) in [6.45, 7) is 7.74. The fraction of sp³-hybridized carbons (Fsp3) is 0.316. The number of benzene rings is 1. The minimum atomic E-state index is -0.315. The number of nitrogens with zero attached hydrogens (tertiary/aromatic N) is 1. The van der Waals surface area contributed by atoms with Gasteiger partial charge in [0.1, 0.15) is 17.0 Å². The van der Waals surface area contributed by atoms with Crippen LogP contribution in [0.25, 0.3) is 10.9 Å². The number of nitrogens with one attached hydrogen (secondary N) is 2. The van der Waals surface area contributed by atoms with Crippen LogP contribution in [0.5, 0.6) is 0 Å². The van der Waals surface area contributed by atoms with E-state index in [4.69, 9.17) is 4.52 Å². The number of para-hydroxylation sites is 1. The third-order valence-corrected chi connectivity index (χ3v) is 4.07. The van der Waals surface area contributed by atoms with E-state index >= 15 is 0 Å². The molecule has 0 bridgehead atoms. The van der Waals surface area contributed by atoms with Gasteiger partial charge in [-0.05, 0) is 24.4 Å². The smallest absolute Gasteiger partial charge is 0.257 e. The Balaban J connectivity index is 1.85. The van der Waals surface area contributed by atoms with Crippen LogP contribution in [0.2, 0.25) is 0 Å². The largest absolute Gasteiger partial charge is 0.361 e. The SMILES string of the molecule is Cc1onc(C(C)(C)C)c1C(=O)NCc1cc2ccccc2[nH]c1=O. The topological polar surface area (TPSA) is 88.0 Å². The molecule has 2 N–H and O–H groups in total. The number of amides is 1. The summed E-state index contributed by atoms with van der Waals surface area (Å²) >= 11 is 0. The number of fused-ring (bicyclic) bond motifs is 1. The van der Waals surface area contributed by atoms with Gasteiger partial charge in [-0.15, -0.1) is 0 Å². The molecule has 0 aliphatic heterocycles. The second-order valence-electron chi connectivity index (χ2n) is 7.11. The first-order valence-electron chi connectivity index (χ1n) is 8.13. The fourth-order valence-electron chi connectivity index (χ4n) is 2.74. The second-order valence-corrected chi connectivity index (χ2v) is 7.11. The van der Waals surface area contributed by atoms with E-state index in [0.29, 0.717) is 22.6 Å². The maximum atomic E-state index is 12.6. The van der Waals surface area contributed by atoms with E-state index in [-0.39, 0.29) is 23.4 Å². The van der Waals surface area contributed by atoms with E-state index in [9.17, 15) is 9.59 Å². The van der Waals surface area contributed by atoms with Gasteiger partial charge in [-0.2, -0.15) is 0 Å². The molecule has 3 aromatic rings. The Bertz CT molecular complexity index is 993. The lowest BCUT2D eigenvalue weighted by Gasteiger charge is -2.16. The van der Waals surface area contributed by atoms with E-state index < -0.39 is 0 Å². The van der Waals surface area contributed by atoms with Crippen molar-refractivity contribution in [3.63, 3.8) is 0 Å². The molecule has 0 unspecified atom stereocenters. The van der Waals surface area contributed by atoms with Gasteiger partial charge in [0.05, 0.1) is 0 Å². The molecule has 0 saturated heterocycles. The number of carbonyl (C=O) groups is 1. The number of aryl methyl sites for hydroxylation is 1. The summed E-state index contributed by atoms with van der Waals surface area (Å²) in [5.41, 5.74) is 1.79. The van der Waals surface area contributed by atoms with E-state index in [1.165, 1.54) is 0 Å². The molecule has 6 heteroatoms. The van der Waals surface area contributed by atoms with Crippen LogP contribution in [-0.2, 0) is 12.0 Å².